The smallest absolute Gasteiger partial charge is 0.315 e. The van der Waals surface area contributed by atoms with Gasteiger partial charge in [0.2, 0.25) is 0 Å². The summed E-state index contributed by atoms with van der Waals surface area (Å²) in [6.07, 6.45) is 6.26. The monoisotopic (exact) mass is 314 g/mol. The fourth-order valence-corrected chi connectivity index (χ4v) is 3.03. The largest absolute Gasteiger partial charge is 0.338 e. The highest BCUT2D eigenvalue weighted by Crippen LogP contribution is 2.17. The molecular weight excluding hydrogens is 292 g/mol. The Labute approximate surface area is 134 Å². The summed E-state index contributed by atoms with van der Waals surface area (Å²) < 4.78 is 0. The van der Waals surface area contributed by atoms with Crippen molar-refractivity contribution in [3.63, 3.8) is 0 Å². The molecule has 1 heterocycles. The number of aromatic nitrogens is 2. The number of nitrogens with one attached hydrogen (secondary N) is 3. The van der Waals surface area contributed by atoms with Gasteiger partial charge in [0.1, 0.15) is 5.82 Å². The van der Waals surface area contributed by atoms with Gasteiger partial charge in [-0.2, -0.15) is 0 Å². The van der Waals surface area contributed by atoms with Crippen molar-refractivity contribution in [1.29, 1.82) is 0 Å². The summed E-state index contributed by atoms with van der Waals surface area (Å²) >= 11 is 0. The molecule has 1 aromatic carbocycles. The lowest BCUT2D eigenvalue weighted by molar-refractivity contribution is 0.233. The Bertz CT molecular complexity index is 735. The Kier molecular flexibility index (Phi) is 4.90. The number of rotatable bonds is 4. The van der Waals surface area contributed by atoms with E-state index in [-0.39, 0.29) is 11.6 Å². The Balaban J connectivity index is 1.52. The molecule has 3 N–H and O–H groups in total. The van der Waals surface area contributed by atoms with Gasteiger partial charge in [-0.15, -0.1) is 0 Å². The molecule has 2 aromatic rings. The van der Waals surface area contributed by atoms with Crippen molar-refractivity contribution < 1.29 is 4.79 Å². The Hall–Kier alpha value is -2.37. The van der Waals surface area contributed by atoms with Crippen LogP contribution >= 0.6 is 0 Å². The maximum Gasteiger partial charge on any atom is 0.315 e. The van der Waals surface area contributed by atoms with E-state index in [4.69, 9.17) is 0 Å². The summed E-state index contributed by atoms with van der Waals surface area (Å²) in [5.41, 5.74) is 0.537. The second kappa shape index (κ2) is 7.26. The minimum absolute atomic E-state index is 0.139. The highest BCUT2D eigenvalue weighted by Gasteiger charge is 2.15. The van der Waals surface area contributed by atoms with Gasteiger partial charge in [-0.25, -0.2) is 9.78 Å². The first kappa shape index (κ1) is 15.5. The number of urea groups is 1. The van der Waals surface area contributed by atoms with Crippen molar-refractivity contribution in [2.45, 2.75) is 44.6 Å². The van der Waals surface area contributed by atoms with E-state index in [9.17, 15) is 9.59 Å². The predicted molar refractivity (Wildman–Crippen MR) is 89.5 cm³/mol. The normalized spacial score (nSPS) is 15.5. The first-order chi connectivity index (χ1) is 11.2. The third kappa shape index (κ3) is 4.09. The zero-order valence-corrected chi connectivity index (χ0v) is 13.1. The van der Waals surface area contributed by atoms with E-state index >= 15 is 0 Å². The lowest BCUT2D eigenvalue weighted by Gasteiger charge is -2.22. The number of nitrogens with zero attached hydrogens (tertiary/aromatic N) is 1. The van der Waals surface area contributed by atoms with Gasteiger partial charge >= 0.3 is 6.03 Å². The van der Waals surface area contributed by atoms with Gasteiger partial charge in [-0.3, -0.25) is 4.79 Å². The van der Waals surface area contributed by atoms with E-state index in [1.54, 1.807) is 6.07 Å². The number of benzene rings is 1. The first-order valence-electron chi connectivity index (χ1n) is 8.25. The van der Waals surface area contributed by atoms with Gasteiger partial charge < -0.3 is 15.6 Å². The van der Waals surface area contributed by atoms with Crippen LogP contribution in [0.1, 0.15) is 37.9 Å². The molecule has 1 fully saturated rings. The SMILES string of the molecule is O=C(NCCc1nc2ccccc2c(=O)[nH]1)NC1CCCCC1. The molecule has 0 radical (unpaired) electrons. The number of hydrogen-bond acceptors (Lipinski definition) is 3. The molecular formula is C17H22N4O2. The lowest BCUT2D eigenvalue weighted by atomic mass is 9.96. The highest BCUT2D eigenvalue weighted by molar-refractivity contribution is 5.77. The number of hydrogen-bond donors (Lipinski definition) is 3. The summed E-state index contributed by atoms with van der Waals surface area (Å²) in [5.74, 6) is 0.590. The maximum absolute atomic E-state index is 12.0. The van der Waals surface area contributed by atoms with Crippen LogP contribution in [0.25, 0.3) is 10.9 Å². The Morgan fingerprint density at radius 2 is 2.00 bits per heavy atom. The number of amides is 2. The molecule has 6 heteroatoms. The average molecular weight is 314 g/mol. The number of aromatic amines is 1. The molecule has 0 bridgehead atoms. The van der Waals surface area contributed by atoms with Gasteiger partial charge in [-0.05, 0) is 25.0 Å². The van der Waals surface area contributed by atoms with E-state index in [0.717, 1.165) is 12.8 Å². The summed E-state index contributed by atoms with van der Waals surface area (Å²) in [5, 5.41) is 6.42. The molecule has 1 aliphatic carbocycles. The topological polar surface area (TPSA) is 86.9 Å². The van der Waals surface area contributed by atoms with Crippen LogP contribution in [0.3, 0.4) is 0 Å². The molecule has 0 atom stereocenters. The van der Waals surface area contributed by atoms with Crippen molar-refractivity contribution in [2.24, 2.45) is 0 Å². The van der Waals surface area contributed by atoms with Crippen LogP contribution < -0.4 is 16.2 Å². The summed E-state index contributed by atoms with van der Waals surface area (Å²) in [7, 11) is 0. The summed E-state index contributed by atoms with van der Waals surface area (Å²) in [6, 6.07) is 7.39. The third-order valence-electron chi connectivity index (χ3n) is 4.25. The van der Waals surface area contributed by atoms with Crippen LogP contribution in [0.4, 0.5) is 4.79 Å². The third-order valence-corrected chi connectivity index (χ3v) is 4.25. The fourth-order valence-electron chi connectivity index (χ4n) is 3.03. The Morgan fingerprint density at radius 1 is 1.22 bits per heavy atom. The zero-order chi connectivity index (χ0) is 16.1. The minimum atomic E-state index is -0.141. The van der Waals surface area contributed by atoms with Crippen LogP contribution in [0.2, 0.25) is 0 Å². The van der Waals surface area contributed by atoms with Gasteiger partial charge in [-0.1, -0.05) is 31.4 Å². The highest BCUT2D eigenvalue weighted by atomic mass is 16.2. The molecule has 1 aromatic heterocycles. The summed E-state index contributed by atoms with van der Waals surface area (Å²) in [4.78, 5) is 31.0. The molecule has 122 valence electrons. The van der Waals surface area contributed by atoms with Gasteiger partial charge in [0.05, 0.1) is 10.9 Å². The van der Waals surface area contributed by atoms with Crippen LogP contribution in [0.5, 0.6) is 0 Å². The number of carbonyl (C=O) groups is 1. The van der Waals surface area contributed by atoms with Gasteiger partial charge in [0, 0.05) is 19.0 Å². The molecule has 0 unspecified atom stereocenters. The number of H-pyrrole nitrogens is 1. The number of carbonyl (C=O) groups excluding carboxylic acids is 1. The number of fused-ring (bicyclic) bond motifs is 1. The lowest BCUT2D eigenvalue weighted by Crippen LogP contribution is -2.43. The van der Waals surface area contributed by atoms with E-state index in [1.165, 1.54) is 19.3 Å². The van der Waals surface area contributed by atoms with Gasteiger partial charge in [0.15, 0.2) is 0 Å². The van der Waals surface area contributed by atoms with Crippen LogP contribution in [0.15, 0.2) is 29.1 Å². The van der Waals surface area contributed by atoms with Crippen molar-refractivity contribution in [3.8, 4) is 0 Å². The second-order valence-corrected chi connectivity index (χ2v) is 6.01. The van der Waals surface area contributed by atoms with Crippen molar-refractivity contribution in [1.82, 2.24) is 20.6 Å². The second-order valence-electron chi connectivity index (χ2n) is 6.01. The molecule has 0 aliphatic heterocycles. The molecule has 6 nitrogen and oxygen atoms in total. The van der Waals surface area contributed by atoms with Crippen LogP contribution in [0, 0.1) is 0 Å². The van der Waals surface area contributed by atoms with E-state index in [1.807, 2.05) is 18.2 Å². The molecule has 1 aliphatic rings. The molecule has 0 saturated heterocycles. The van der Waals surface area contributed by atoms with E-state index in [2.05, 4.69) is 20.6 Å². The zero-order valence-electron chi connectivity index (χ0n) is 13.1. The average Bonchev–Trinajstić information content (AvgIpc) is 2.56. The minimum Gasteiger partial charge on any atom is -0.338 e. The molecule has 3 rings (SSSR count). The van der Waals surface area contributed by atoms with E-state index in [0.29, 0.717) is 35.7 Å². The Morgan fingerprint density at radius 3 is 2.83 bits per heavy atom. The number of para-hydroxylation sites is 1. The molecule has 1 saturated carbocycles. The van der Waals surface area contributed by atoms with Gasteiger partial charge in [0.25, 0.3) is 5.56 Å². The van der Waals surface area contributed by atoms with Crippen LogP contribution in [-0.4, -0.2) is 28.6 Å². The maximum atomic E-state index is 12.0. The van der Waals surface area contributed by atoms with Crippen molar-refractivity contribution in [3.05, 3.63) is 40.4 Å². The van der Waals surface area contributed by atoms with Crippen molar-refractivity contribution in [2.75, 3.05) is 6.54 Å². The first-order valence-corrected chi connectivity index (χ1v) is 8.25. The van der Waals surface area contributed by atoms with E-state index < -0.39 is 0 Å². The fraction of sp³-hybridized carbons (Fsp3) is 0.471. The molecule has 0 spiro atoms. The quantitative estimate of drug-likeness (QED) is 0.807. The van der Waals surface area contributed by atoms with Crippen molar-refractivity contribution >= 4 is 16.9 Å². The molecule has 2 amide bonds. The molecule has 23 heavy (non-hydrogen) atoms. The standard InChI is InChI=1S/C17H22N4O2/c22-16-13-8-4-5-9-14(13)20-15(21-16)10-11-18-17(23)19-12-6-2-1-3-7-12/h4-5,8-9,12H,1-3,6-7,10-11H2,(H2,18,19,23)(H,20,21,22). The van der Waals surface area contributed by atoms with Crippen LogP contribution in [-0.2, 0) is 6.42 Å². The summed E-state index contributed by atoms with van der Waals surface area (Å²) in [6.45, 7) is 0.444. The predicted octanol–water partition coefficient (Wildman–Crippen LogP) is 2.10.